The second kappa shape index (κ2) is 6.87. The smallest absolute Gasteiger partial charge is 0.271 e. The zero-order valence-electron chi connectivity index (χ0n) is 12.1. The molecule has 0 saturated heterocycles. The Bertz CT molecular complexity index is 638. The van der Waals surface area contributed by atoms with Crippen molar-refractivity contribution in [1.82, 2.24) is 15.1 Å². The van der Waals surface area contributed by atoms with Crippen LogP contribution in [0.3, 0.4) is 0 Å². The lowest BCUT2D eigenvalue weighted by atomic mass is 10.0. The van der Waals surface area contributed by atoms with E-state index in [1.165, 1.54) is 0 Å². The second-order valence-corrected chi connectivity index (χ2v) is 5.79. The third-order valence-corrected chi connectivity index (χ3v) is 3.84. The van der Waals surface area contributed by atoms with Crippen LogP contribution in [0.2, 0.25) is 0 Å². The van der Waals surface area contributed by atoms with Gasteiger partial charge in [0, 0.05) is 23.8 Å². The molecule has 1 aromatic heterocycles. The van der Waals surface area contributed by atoms with Crippen molar-refractivity contribution in [3.8, 4) is 5.69 Å². The van der Waals surface area contributed by atoms with Gasteiger partial charge >= 0.3 is 0 Å². The molecule has 1 unspecified atom stereocenters. The number of nitrogens with two attached hydrogens (primary N) is 1. The monoisotopic (exact) mass is 350 g/mol. The Labute approximate surface area is 132 Å². The fourth-order valence-corrected chi connectivity index (χ4v) is 2.41. The molecule has 0 aliphatic heterocycles. The van der Waals surface area contributed by atoms with Crippen LogP contribution < -0.4 is 11.1 Å². The Morgan fingerprint density at radius 3 is 2.90 bits per heavy atom. The Morgan fingerprint density at radius 1 is 1.48 bits per heavy atom. The number of carbonyl (C=O) groups excluding carboxylic acids is 1. The molecular weight excluding hydrogens is 332 g/mol. The minimum atomic E-state index is -0.199. The van der Waals surface area contributed by atoms with Crippen LogP contribution in [0.25, 0.3) is 5.69 Å². The first kappa shape index (κ1) is 15.7. The maximum atomic E-state index is 11.6. The van der Waals surface area contributed by atoms with Crippen molar-refractivity contribution in [3.05, 3.63) is 46.2 Å². The molecule has 1 aromatic carbocycles. The number of nitrogens with one attached hydrogen (secondary N) is 1. The Balaban J connectivity index is 2.39. The van der Waals surface area contributed by atoms with Crippen molar-refractivity contribution < 1.29 is 4.79 Å². The van der Waals surface area contributed by atoms with Crippen LogP contribution in [0.4, 0.5) is 0 Å². The van der Waals surface area contributed by atoms with Crippen LogP contribution in [0.1, 0.15) is 29.4 Å². The summed E-state index contributed by atoms with van der Waals surface area (Å²) in [6.45, 7) is 2.07. The molecule has 1 amide bonds. The molecule has 5 nitrogen and oxygen atoms in total. The van der Waals surface area contributed by atoms with E-state index in [1.54, 1.807) is 24.0 Å². The van der Waals surface area contributed by atoms with Crippen molar-refractivity contribution in [3.63, 3.8) is 0 Å². The summed E-state index contributed by atoms with van der Waals surface area (Å²) in [5, 5.41) is 6.90. The lowest BCUT2D eigenvalue weighted by molar-refractivity contribution is 0.0957. The summed E-state index contributed by atoms with van der Waals surface area (Å²) in [6, 6.07) is 7.82. The maximum Gasteiger partial charge on any atom is 0.271 e. The van der Waals surface area contributed by atoms with Gasteiger partial charge in [0.1, 0.15) is 0 Å². The number of hydrogen-bond acceptors (Lipinski definition) is 3. The molecule has 2 aromatic rings. The van der Waals surface area contributed by atoms with Crippen molar-refractivity contribution in [1.29, 1.82) is 0 Å². The van der Waals surface area contributed by atoms with Gasteiger partial charge in [-0.25, -0.2) is 4.68 Å². The van der Waals surface area contributed by atoms with E-state index in [0.29, 0.717) is 5.69 Å². The number of benzene rings is 1. The molecule has 21 heavy (non-hydrogen) atoms. The summed E-state index contributed by atoms with van der Waals surface area (Å²) in [4.78, 5) is 11.6. The third-order valence-electron chi connectivity index (χ3n) is 3.35. The van der Waals surface area contributed by atoms with Crippen LogP contribution >= 0.6 is 15.9 Å². The first-order valence-electron chi connectivity index (χ1n) is 6.87. The first-order valence-corrected chi connectivity index (χ1v) is 7.66. The number of halogens is 1. The zero-order chi connectivity index (χ0) is 15.4. The van der Waals surface area contributed by atoms with Crippen LogP contribution in [0.5, 0.6) is 0 Å². The predicted octanol–water partition coefficient (Wildman–Crippen LogP) is 2.27. The van der Waals surface area contributed by atoms with E-state index in [1.807, 2.05) is 18.2 Å². The Morgan fingerprint density at radius 2 is 2.24 bits per heavy atom. The average Bonchev–Trinajstić information content (AvgIpc) is 2.97. The van der Waals surface area contributed by atoms with Gasteiger partial charge in [-0.2, -0.15) is 5.10 Å². The van der Waals surface area contributed by atoms with E-state index >= 15 is 0 Å². The summed E-state index contributed by atoms with van der Waals surface area (Å²) < 4.78 is 2.68. The number of rotatable bonds is 5. The summed E-state index contributed by atoms with van der Waals surface area (Å²) >= 11 is 3.47. The van der Waals surface area contributed by atoms with Gasteiger partial charge in [-0.05, 0) is 36.6 Å². The lowest BCUT2D eigenvalue weighted by Crippen LogP contribution is -2.22. The quantitative estimate of drug-likeness (QED) is 0.868. The molecule has 0 radical (unpaired) electrons. The predicted molar refractivity (Wildman–Crippen MR) is 86.6 cm³/mol. The zero-order valence-corrected chi connectivity index (χ0v) is 13.7. The van der Waals surface area contributed by atoms with Gasteiger partial charge in [-0.1, -0.05) is 28.9 Å². The number of aromatic nitrogens is 2. The van der Waals surface area contributed by atoms with Crippen LogP contribution in [0.15, 0.2) is 34.9 Å². The molecule has 6 heteroatoms. The molecule has 0 aliphatic rings. The molecule has 0 saturated carbocycles. The lowest BCUT2D eigenvalue weighted by Gasteiger charge is -2.14. The van der Waals surface area contributed by atoms with Gasteiger partial charge in [0.15, 0.2) is 5.69 Å². The number of nitrogens with zero attached hydrogens (tertiary/aromatic N) is 2. The molecule has 0 fully saturated rings. The molecule has 3 N–H and O–H groups in total. The maximum absolute atomic E-state index is 11.6. The minimum absolute atomic E-state index is 0.110. The van der Waals surface area contributed by atoms with Crippen molar-refractivity contribution >= 4 is 21.8 Å². The molecule has 2 rings (SSSR count). The highest BCUT2D eigenvalue weighted by Gasteiger charge is 2.12. The standard InChI is InChI=1S/C15H19BrN4O/c1-3-12(17)8-10-4-5-11(16)9-14(10)20-7-6-13(19-20)15(21)18-2/h4-7,9,12H,3,8,17H2,1-2H3,(H,18,21). The summed E-state index contributed by atoms with van der Waals surface area (Å²) in [6.07, 6.45) is 3.47. The number of carbonyl (C=O) groups is 1. The van der Waals surface area contributed by atoms with Crippen molar-refractivity contribution in [2.75, 3.05) is 7.05 Å². The van der Waals surface area contributed by atoms with E-state index in [0.717, 1.165) is 28.6 Å². The Hall–Kier alpha value is -1.66. The van der Waals surface area contributed by atoms with Gasteiger partial charge in [0.25, 0.3) is 5.91 Å². The number of amides is 1. The van der Waals surface area contributed by atoms with Crippen molar-refractivity contribution in [2.45, 2.75) is 25.8 Å². The van der Waals surface area contributed by atoms with E-state index in [9.17, 15) is 4.79 Å². The molecule has 112 valence electrons. The minimum Gasteiger partial charge on any atom is -0.354 e. The largest absolute Gasteiger partial charge is 0.354 e. The van der Waals surface area contributed by atoms with Gasteiger partial charge in [-0.3, -0.25) is 4.79 Å². The molecule has 1 atom stereocenters. The van der Waals surface area contributed by atoms with Crippen LogP contribution in [-0.4, -0.2) is 28.8 Å². The summed E-state index contributed by atoms with van der Waals surface area (Å²) in [5.41, 5.74) is 8.50. The van der Waals surface area contributed by atoms with Crippen LogP contribution in [-0.2, 0) is 6.42 Å². The molecule has 0 spiro atoms. The molecule has 1 heterocycles. The van der Waals surface area contributed by atoms with Crippen LogP contribution in [0, 0.1) is 0 Å². The van der Waals surface area contributed by atoms with E-state index in [-0.39, 0.29) is 11.9 Å². The molecule has 0 bridgehead atoms. The van der Waals surface area contributed by atoms with Gasteiger partial charge in [0.2, 0.25) is 0 Å². The topological polar surface area (TPSA) is 72.9 Å². The summed E-state index contributed by atoms with van der Waals surface area (Å²) in [5.74, 6) is -0.199. The van der Waals surface area contributed by atoms with E-state index in [2.05, 4.69) is 33.3 Å². The average molecular weight is 351 g/mol. The Kier molecular flexibility index (Phi) is 5.14. The molecular formula is C15H19BrN4O. The van der Waals surface area contributed by atoms with E-state index < -0.39 is 0 Å². The molecule has 0 aliphatic carbocycles. The normalized spacial score (nSPS) is 12.2. The van der Waals surface area contributed by atoms with Crippen molar-refractivity contribution in [2.24, 2.45) is 5.73 Å². The third kappa shape index (κ3) is 3.71. The van der Waals surface area contributed by atoms with E-state index in [4.69, 9.17) is 5.73 Å². The highest BCUT2D eigenvalue weighted by Crippen LogP contribution is 2.22. The van der Waals surface area contributed by atoms with Gasteiger partial charge in [0.05, 0.1) is 5.69 Å². The second-order valence-electron chi connectivity index (χ2n) is 4.87. The number of hydrogen-bond donors (Lipinski definition) is 2. The van der Waals surface area contributed by atoms with Gasteiger partial charge < -0.3 is 11.1 Å². The first-order chi connectivity index (χ1) is 10.0. The summed E-state index contributed by atoms with van der Waals surface area (Å²) in [7, 11) is 1.59. The highest BCUT2D eigenvalue weighted by atomic mass is 79.9. The fraction of sp³-hybridized carbons (Fsp3) is 0.333. The fourth-order valence-electron chi connectivity index (χ4n) is 2.06. The highest BCUT2D eigenvalue weighted by molar-refractivity contribution is 9.10. The SMILES string of the molecule is CCC(N)Cc1ccc(Br)cc1-n1ccc(C(=O)NC)n1. The van der Waals surface area contributed by atoms with Gasteiger partial charge in [-0.15, -0.1) is 0 Å².